The first-order valence-electron chi connectivity index (χ1n) is 3.54. The van der Waals surface area contributed by atoms with Crippen LogP contribution in [0, 0.1) is 0 Å². The molecule has 0 radical (unpaired) electrons. The molecule has 10 heavy (non-hydrogen) atoms. The molecule has 2 heteroatoms. The molecule has 0 aromatic heterocycles. The van der Waals surface area contributed by atoms with E-state index in [4.69, 9.17) is 13.0 Å². The highest BCUT2D eigenvalue weighted by Crippen LogP contribution is 2.16. The Labute approximate surface area is 67.6 Å². The summed E-state index contributed by atoms with van der Waals surface area (Å²) < 4.78 is 7.36. The van der Waals surface area contributed by atoms with Gasteiger partial charge in [0, 0.05) is 24.8 Å². The molecule has 54 valence electrons. The van der Waals surface area contributed by atoms with Crippen molar-refractivity contribution < 1.29 is 1.37 Å². The van der Waals surface area contributed by atoms with E-state index < -0.39 is 0 Å². The SMILES string of the molecule is [2H]c1cc(Cl)cc(N(C)C)c1. The van der Waals surface area contributed by atoms with Crippen molar-refractivity contribution in [2.24, 2.45) is 0 Å². The normalized spacial score (nSPS) is 10.9. The second-order valence-electron chi connectivity index (χ2n) is 2.30. The predicted molar refractivity (Wildman–Crippen MR) is 45.8 cm³/mol. The molecule has 0 heterocycles. The molecule has 0 unspecified atom stereocenters. The van der Waals surface area contributed by atoms with E-state index in [-0.39, 0.29) is 0 Å². The quantitative estimate of drug-likeness (QED) is 0.604. The van der Waals surface area contributed by atoms with Gasteiger partial charge in [0.15, 0.2) is 0 Å². The molecule has 0 aliphatic heterocycles. The monoisotopic (exact) mass is 156 g/mol. The van der Waals surface area contributed by atoms with Gasteiger partial charge >= 0.3 is 0 Å². The molecule has 0 aliphatic rings. The van der Waals surface area contributed by atoms with Gasteiger partial charge in [0.05, 0.1) is 1.37 Å². The van der Waals surface area contributed by atoms with Crippen LogP contribution >= 0.6 is 11.6 Å². The van der Waals surface area contributed by atoms with Gasteiger partial charge in [-0.25, -0.2) is 0 Å². The van der Waals surface area contributed by atoms with Crippen molar-refractivity contribution in [3.8, 4) is 0 Å². The van der Waals surface area contributed by atoms with E-state index in [0.29, 0.717) is 11.1 Å². The van der Waals surface area contributed by atoms with Crippen molar-refractivity contribution in [3.05, 3.63) is 29.3 Å². The van der Waals surface area contributed by atoms with Crippen LogP contribution in [0.1, 0.15) is 1.37 Å². The van der Waals surface area contributed by atoms with Crippen LogP contribution in [-0.2, 0) is 0 Å². The van der Waals surface area contributed by atoms with Crippen LogP contribution < -0.4 is 4.90 Å². The number of rotatable bonds is 1. The van der Waals surface area contributed by atoms with Gasteiger partial charge in [-0.05, 0) is 18.2 Å². The van der Waals surface area contributed by atoms with Gasteiger partial charge in [0.2, 0.25) is 0 Å². The maximum atomic E-state index is 7.36. The third-order valence-corrected chi connectivity index (χ3v) is 1.47. The highest BCUT2D eigenvalue weighted by molar-refractivity contribution is 6.30. The molecule has 1 aromatic carbocycles. The summed E-state index contributed by atoms with van der Waals surface area (Å²) in [5.41, 5.74) is 0.961. The van der Waals surface area contributed by atoms with E-state index in [1.807, 2.05) is 25.1 Å². The molecule has 0 saturated heterocycles. The lowest BCUT2D eigenvalue weighted by Crippen LogP contribution is -2.07. The van der Waals surface area contributed by atoms with E-state index in [1.54, 1.807) is 12.1 Å². The Balaban J connectivity index is 3.08. The Morgan fingerprint density at radius 3 is 2.70 bits per heavy atom. The van der Waals surface area contributed by atoms with Crippen molar-refractivity contribution in [3.63, 3.8) is 0 Å². The molecule has 0 spiro atoms. The van der Waals surface area contributed by atoms with Crippen LogP contribution in [0.3, 0.4) is 0 Å². The minimum Gasteiger partial charge on any atom is -0.378 e. The van der Waals surface area contributed by atoms with Crippen molar-refractivity contribution in [2.45, 2.75) is 0 Å². The second kappa shape index (κ2) is 2.93. The fraction of sp³-hybridized carbons (Fsp3) is 0.250. The van der Waals surface area contributed by atoms with Crippen LogP contribution in [0.4, 0.5) is 5.69 Å². The molecular formula is C8H10ClN. The summed E-state index contributed by atoms with van der Waals surface area (Å²) in [6.45, 7) is 0. The molecule has 1 nitrogen and oxygen atoms in total. The molecule has 0 N–H and O–H groups in total. The van der Waals surface area contributed by atoms with Gasteiger partial charge in [0.1, 0.15) is 0 Å². The van der Waals surface area contributed by atoms with Crippen LogP contribution in [0.2, 0.25) is 5.02 Å². The standard InChI is InChI=1S/C8H10ClN/c1-10(2)8-5-3-4-7(9)6-8/h3-6H,1-2H3/i3D. The summed E-state index contributed by atoms with van der Waals surface area (Å²) >= 11 is 5.75. The molecule has 0 amide bonds. The summed E-state index contributed by atoms with van der Waals surface area (Å²) in [5, 5.41) is 0.612. The van der Waals surface area contributed by atoms with Crippen molar-refractivity contribution in [1.82, 2.24) is 0 Å². The average molecular weight is 157 g/mol. The molecule has 0 bridgehead atoms. The number of hydrogen-bond acceptors (Lipinski definition) is 1. The Morgan fingerprint density at radius 1 is 1.50 bits per heavy atom. The van der Waals surface area contributed by atoms with Gasteiger partial charge < -0.3 is 4.90 Å². The first-order chi connectivity index (χ1) is 5.09. The van der Waals surface area contributed by atoms with Gasteiger partial charge in [-0.3, -0.25) is 0 Å². The number of hydrogen-bond donors (Lipinski definition) is 0. The summed E-state index contributed by atoms with van der Waals surface area (Å²) in [7, 11) is 3.84. The molecule has 0 atom stereocenters. The lowest BCUT2D eigenvalue weighted by Gasteiger charge is -2.11. The Morgan fingerprint density at radius 2 is 2.20 bits per heavy atom. The van der Waals surface area contributed by atoms with E-state index in [1.165, 1.54) is 0 Å². The van der Waals surface area contributed by atoms with Crippen LogP contribution in [0.15, 0.2) is 24.2 Å². The molecule has 0 aliphatic carbocycles. The Bertz CT molecular complexity index is 240. The number of nitrogens with zero attached hydrogens (tertiary/aromatic N) is 1. The minimum absolute atomic E-state index is 0.446. The average Bonchev–Trinajstić information content (AvgIpc) is 1.85. The molecule has 0 fully saturated rings. The van der Waals surface area contributed by atoms with Crippen LogP contribution in [0.5, 0.6) is 0 Å². The maximum Gasteiger partial charge on any atom is 0.0624 e. The van der Waals surface area contributed by atoms with Gasteiger partial charge in [-0.15, -0.1) is 0 Å². The smallest absolute Gasteiger partial charge is 0.0624 e. The summed E-state index contributed by atoms with van der Waals surface area (Å²) in [6, 6.07) is 5.67. The predicted octanol–water partition coefficient (Wildman–Crippen LogP) is 2.41. The number of anilines is 1. The third-order valence-electron chi connectivity index (χ3n) is 1.25. The number of benzene rings is 1. The first-order valence-corrected chi connectivity index (χ1v) is 3.42. The Hall–Kier alpha value is -0.690. The van der Waals surface area contributed by atoms with E-state index in [9.17, 15) is 0 Å². The van der Waals surface area contributed by atoms with Gasteiger partial charge in [-0.1, -0.05) is 17.6 Å². The lowest BCUT2D eigenvalue weighted by molar-refractivity contribution is 1.13. The van der Waals surface area contributed by atoms with Gasteiger partial charge in [-0.2, -0.15) is 0 Å². The van der Waals surface area contributed by atoms with Gasteiger partial charge in [0.25, 0.3) is 0 Å². The zero-order chi connectivity index (χ0) is 8.43. The van der Waals surface area contributed by atoms with E-state index in [2.05, 4.69) is 0 Å². The lowest BCUT2D eigenvalue weighted by atomic mass is 10.3. The maximum absolute atomic E-state index is 7.36. The van der Waals surface area contributed by atoms with Crippen molar-refractivity contribution in [1.29, 1.82) is 0 Å². The topological polar surface area (TPSA) is 3.24 Å². The largest absolute Gasteiger partial charge is 0.378 e. The fourth-order valence-electron chi connectivity index (χ4n) is 0.689. The second-order valence-corrected chi connectivity index (χ2v) is 2.74. The Kier molecular flexibility index (Phi) is 1.77. The first kappa shape index (κ1) is 6.05. The molecular weight excluding hydrogens is 146 g/mol. The summed E-state index contributed by atoms with van der Waals surface area (Å²) in [5.74, 6) is 0. The highest BCUT2D eigenvalue weighted by atomic mass is 35.5. The molecule has 1 aromatic rings. The zero-order valence-electron chi connectivity index (χ0n) is 7.06. The van der Waals surface area contributed by atoms with Crippen LogP contribution in [-0.4, -0.2) is 14.1 Å². The minimum atomic E-state index is 0.446. The molecule has 0 saturated carbocycles. The van der Waals surface area contributed by atoms with Crippen LogP contribution in [0.25, 0.3) is 0 Å². The highest BCUT2D eigenvalue weighted by Gasteiger charge is 1.93. The van der Waals surface area contributed by atoms with E-state index >= 15 is 0 Å². The summed E-state index contributed by atoms with van der Waals surface area (Å²) in [6.07, 6.45) is 0. The van der Waals surface area contributed by atoms with E-state index in [0.717, 1.165) is 5.69 Å². The zero-order valence-corrected chi connectivity index (χ0v) is 6.81. The fourth-order valence-corrected chi connectivity index (χ4v) is 0.864. The number of halogens is 1. The molecule has 1 rings (SSSR count). The van der Waals surface area contributed by atoms with Crippen molar-refractivity contribution >= 4 is 17.3 Å². The van der Waals surface area contributed by atoms with Crippen molar-refractivity contribution in [2.75, 3.05) is 19.0 Å². The third kappa shape index (κ3) is 1.64. The summed E-state index contributed by atoms with van der Waals surface area (Å²) in [4.78, 5) is 1.92.